The minimum Gasteiger partial charge on any atom is -0.208 e. The van der Waals surface area contributed by atoms with Crippen molar-refractivity contribution in [3.8, 4) is 22.3 Å². The van der Waals surface area contributed by atoms with E-state index in [1.165, 1.54) is 60.8 Å². The summed E-state index contributed by atoms with van der Waals surface area (Å²) in [7, 11) is 4.10. The third kappa shape index (κ3) is 7.05. The molecule has 0 aromatic carbocycles. The highest BCUT2D eigenvalue weighted by Crippen LogP contribution is 2.16. The number of rotatable bonds is 11. The highest BCUT2D eigenvalue weighted by molar-refractivity contribution is 5.61. The standard InChI is InChI=1S/C30H38N4/c1-31-19-9-27(10-20-31)29-13-23-33(24-14-29)17-7-5-3-4-6-8-18-34-25-15-30(16-26-34)28-11-21-32(2)22-12-28/h9-16,19-26H,3-8,17-18H2,1-2H3/q+4. The van der Waals surface area contributed by atoms with Gasteiger partial charge in [0.15, 0.2) is 49.6 Å². The number of hydrogen-bond donors (Lipinski definition) is 0. The number of hydrogen-bond acceptors (Lipinski definition) is 0. The Morgan fingerprint density at radius 2 is 0.647 bits per heavy atom. The average molecular weight is 455 g/mol. The maximum Gasteiger partial charge on any atom is 0.169 e. The lowest BCUT2D eigenvalue weighted by molar-refractivity contribution is -0.697. The lowest BCUT2D eigenvalue weighted by atomic mass is 10.1. The van der Waals surface area contributed by atoms with Gasteiger partial charge in [0.05, 0.1) is 0 Å². The first-order chi connectivity index (χ1) is 16.7. The van der Waals surface area contributed by atoms with Crippen LogP contribution in [0.25, 0.3) is 22.3 Å². The van der Waals surface area contributed by atoms with Crippen molar-refractivity contribution >= 4 is 0 Å². The maximum absolute atomic E-state index is 2.31. The van der Waals surface area contributed by atoms with Gasteiger partial charge in [-0.25, -0.2) is 18.3 Å². The Morgan fingerprint density at radius 3 is 0.971 bits per heavy atom. The molecule has 0 saturated carbocycles. The first-order valence-corrected chi connectivity index (χ1v) is 12.6. The number of aryl methyl sites for hydroxylation is 4. The predicted octanol–water partition coefficient (Wildman–Crippen LogP) is 4.29. The van der Waals surface area contributed by atoms with Gasteiger partial charge in [0.25, 0.3) is 0 Å². The molecule has 0 unspecified atom stereocenters. The molecule has 0 amide bonds. The lowest BCUT2D eigenvalue weighted by Crippen LogP contribution is -2.32. The third-order valence-corrected chi connectivity index (χ3v) is 6.49. The van der Waals surface area contributed by atoms with Crippen molar-refractivity contribution in [2.24, 2.45) is 14.1 Å². The van der Waals surface area contributed by atoms with Crippen molar-refractivity contribution in [3.05, 3.63) is 98.1 Å². The van der Waals surface area contributed by atoms with Crippen LogP contribution in [0.1, 0.15) is 38.5 Å². The summed E-state index contributed by atoms with van der Waals surface area (Å²) in [6.45, 7) is 2.21. The van der Waals surface area contributed by atoms with Crippen LogP contribution in [0.4, 0.5) is 0 Å². The number of unbranched alkanes of at least 4 members (excludes halogenated alkanes) is 5. The SMILES string of the molecule is C[n+]1ccc(-c2cc[n+](CCCCCCCC[n+]3ccc(-c4cc[n+](C)cc4)cc3)cc2)cc1. The van der Waals surface area contributed by atoms with Gasteiger partial charge in [0.1, 0.15) is 27.2 Å². The Morgan fingerprint density at radius 1 is 0.382 bits per heavy atom. The first kappa shape index (κ1) is 23.7. The molecule has 4 heterocycles. The molecule has 0 radical (unpaired) electrons. The topological polar surface area (TPSA) is 15.5 Å². The lowest BCUT2D eigenvalue weighted by Gasteiger charge is -2.02. The molecule has 0 fully saturated rings. The average Bonchev–Trinajstić information content (AvgIpc) is 2.87. The number of pyridine rings is 4. The monoisotopic (exact) mass is 454 g/mol. The fraction of sp³-hybridized carbons (Fsp3) is 0.333. The van der Waals surface area contributed by atoms with Crippen molar-refractivity contribution in [1.82, 2.24) is 0 Å². The van der Waals surface area contributed by atoms with Crippen LogP contribution >= 0.6 is 0 Å². The second-order valence-electron chi connectivity index (χ2n) is 9.28. The summed E-state index contributed by atoms with van der Waals surface area (Å²) in [6.07, 6.45) is 25.0. The Labute approximate surface area is 204 Å². The fourth-order valence-electron chi connectivity index (χ4n) is 4.28. The fourth-order valence-corrected chi connectivity index (χ4v) is 4.28. The van der Waals surface area contributed by atoms with Crippen LogP contribution < -0.4 is 18.3 Å². The van der Waals surface area contributed by atoms with Crippen LogP contribution in [0, 0.1) is 0 Å². The quantitative estimate of drug-likeness (QED) is 0.237. The van der Waals surface area contributed by atoms with Gasteiger partial charge < -0.3 is 0 Å². The molecule has 4 rings (SSSR count). The first-order valence-electron chi connectivity index (χ1n) is 12.6. The number of aromatic nitrogens is 4. The summed E-state index contributed by atoms with van der Waals surface area (Å²) in [5, 5.41) is 0. The van der Waals surface area contributed by atoms with E-state index in [0.717, 1.165) is 13.1 Å². The van der Waals surface area contributed by atoms with Crippen molar-refractivity contribution in [3.63, 3.8) is 0 Å². The molecular weight excluding hydrogens is 416 g/mol. The van der Waals surface area contributed by atoms with Gasteiger partial charge >= 0.3 is 0 Å². The minimum absolute atomic E-state index is 1.10. The van der Waals surface area contributed by atoms with Crippen LogP contribution in [-0.2, 0) is 27.2 Å². The minimum atomic E-state index is 1.10. The van der Waals surface area contributed by atoms with Gasteiger partial charge in [-0.2, -0.15) is 0 Å². The summed E-state index contributed by atoms with van der Waals surface area (Å²) in [5.74, 6) is 0. The second-order valence-corrected chi connectivity index (χ2v) is 9.28. The van der Waals surface area contributed by atoms with Gasteiger partial charge in [0, 0.05) is 61.4 Å². The van der Waals surface area contributed by atoms with E-state index in [9.17, 15) is 0 Å². The highest BCUT2D eigenvalue weighted by atomic mass is 14.9. The van der Waals surface area contributed by atoms with E-state index in [-0.39, 0.29) is 0 Å². The molecule has 34 heavy (non-hydrogen) atoms. The van der Waals surface area contributed by atoms with E-state index >= 15 is 0 Å². The molecular formula is C30H38N4+4. The normalized spacial score (nSPS) is 11.0. The maximum atomic E-state index is 2.31. The molecule has 0 aliphatic heterocycles. The Hall–Kier alpha value is -3.40. The summed E-state index contributed by atoms with van der Waals surface area (Å²) < 4.78 is 8.74. The van der Waals surface area contributed by atoms with E-state index in [1.54, 1.807) is 0 Å². The molecule has 0 spiro atoms. The Kier molecular flexibility index (Phi) is 8.50. The molecule has 4 heteroatoms. The molecule has 4 aromatic rings. The van der Waals surface area contributed by atoms with Crippen LogP contribution in [-0.4, -0.2) is 0 Å². The zero-order chi connectivity index (χ0) is 23.6. The van der Waals surface area contributed by atoms with E-state index in [4.69, 9.17) is 0 Å². The van der Waals surface area contributed by atoms with Gasteiger partial charge in [-0.15, -0.1) is 0 Å². The molecule has 0 bridgehead atoms. The van der Waals surface area contributed by atoms with E-state index in [2.05, 4.69) is 116 Å². The Balaban J connectivity index is 1.08. The van der Waals surface area contributed by atoms with E-state index in [1.807, 2.05) is 14.1 Å². The molecule has 0 N–H and O–H groups in total. The molecule has 4 aromatic heterocycles. The smallest absolute Gasteiger partial charge is 0.169 e. The zero-order valence-corrected chi connectivity index (χ0v) is 20.7. The largest absolute Gasteiger partial charge is 0.208 e. The summed E-state index contributed by atoms with van der Waals surface area (Å²) >= 11 is 0. The molecule has 4 nitrogen and oxygen atoms in total. The summed E-state index contributed by atoms with van der Waals surface area (Å²) in [6, 6.07) is 17.5. The van der Waals surface area contributed by atoms with Crippen LogP contribution in [0.3, 0.4) is 0 Å². The second kappa shape index (κ2) is 12.2. The molecule has 0 atom stereocenters. The van der Waals surface area contributed by atoms with Crippen molar-refractivity contribution < 1.29 is 18.3 Å². The third-order valence-electron chi connectivity index (χ3n) is 6.49. The molecule has 174 valence electrons. The molecule has 0 aliphatic carbocycles. The van der Waals surface area contributed by atoms with Crippen molar-refractivity contribution in [2.75, 3.05) is 0 Å². The van der Waals surface area contributed by atoms with Crippen LogP contribution in [0.15, 0.2) is 98.1 Å². The molecule has 0 aliphatic rings. The van der Waals surface area contributed by atoms with Crippen molar-refractivity contribution in [1.29, 1.82) is 0 Å². The Bertz CT molecular complexity index is 1040. The highest BCUT2D eigenvalue weighted by Gasteiger charge is 2.06. The zero-order valence-electron chi connectivity index (χ0n) is 20.7. The molecule has 0 saturated heterocycles. The van der Waals surface area contributed by atoms with Crippen molar-refractivity contribution in [2.45, 2.75) is 51.6 Å². The number of nitrogens with zero attached hydrogens (tertiary/aromatic N) is 4. The van der Waals surface area contributed by atoms with Gasteiger partial charge in [-0.05, 0) is 35.1 Å². The van der Waals surface area contributed by atoms with E-state index in [0.29, 0.717) is 0 Å². The predicted molar refractivity (Wildman–Crippen MR) is 134 cm³/mol. The van der Waals surface area contributed by atoms with Gasteiger partial charge in [0.2, 0.25) is 0 Å². The van der Waals surface area contributed by atoms with Gasteiger partial charge in [-0.3, -0.25) is 0 Å². The summed E-state index contributed by atoms with van der Waals surface area (Å²) in [4.78, 5) is 0. The van der Waals surface area contributed by atoms with Crippen LogP contribution in [0.5, 0.6) is 0 Å². The van der Waals surface area contributed by atoms with Gasteiger partial charge in [-0.1, -0.05) is 12.8 Å². The summed E-state index contributed by atoms with van der Waals surface area (Å²) in [5.41, 5.74) is 5.09. The van der Waals surface area contributed by atoms with Crippen LogP contribution in [0.2, 0.25) is 0 Å². The van der Waals surface area contributed by atoms with E-state index < -0.39 is 0 Å².